The Morgan fingerprint density at radius 3 is 2.45 bits per heavy atom. The fraction of sp³-hybridized carbons (Fsp3) is 0.308. The molecule has 1 aromatic rings. The van der Waals surface area contributed by atoms with E-state index in [2.05, 4.69) is 10.6 Å². The number of carboxylic acids is 1. The second-order valence-corrected chi connectivity index (χ2v) is 3.97. The first kappa shape index (κ1) is 15.5. The highest BCUT2D eigenvalue weighted by atomic mass is 16.5. The van der Waals surface area contributed by atoms with Gasteiger partial charge in [-0.15, -0.1) is 0 Å². The number of likely N-dealkylation sites (N-methyl/N-ethyl adjacent to an activating group) is 1. The van der Waals surface area contributed by atoms with Crippen LogP contribution in [-0.2, 0) is 20.9 Å². The van der Waals surface area contributed by atoms with Crippen LogP contribution in [0.15, 0.2) is 30.3 Å². The van der Waals surface area contributed by atoms with Crippen molar-refractivity contribution >= 4 is 18.0 Å². The molecule has 0 aromatic heterocycles. The molecule has 1 aromatic carbocycles. The maximum atomic E-state index is 11.5. The van der Waals surface area contributed by atoms with Crippen LogP contribution in [0.3, 0.4) is 0 Å². The van der Waals surface area contributed by atoms with E-state index < -0.39 is 30.4 Å². The lowest BCUT2D eigenvalue weighted by Crippen LogP contribution is -2.47. The van der Waals surface area contributed by atoms with E-state index >= 15 is 0 Å². The number of nitrogens with one attached hydrogen (secondary N) is 2. The van der Waals surface area contributed by atoms with E-state index in [0.717, 1.165) is 5.56 Å². The molecule has 7 heteroatoms. The SMILES string of the molecule is CNC(=O)[C@H](CC(=O)O)NC(=O)OCc1ccccc1. The number of aliphatic carboxylic acids is 1. The normalized spacial score (nSPS) is 11.2. The van der Waals surface area contributed by atoms with Crippen molar-refractivity contribution in [2.45, 2.75) is 19.1 Å². The molecule has 0 fully saturated rings. The average molecular weight is 280 g/mol. The number of hydrogen-bond donors (Lipinski definition) is 3. The minimum atomic E-state index is -1.19. The van der Waals surface area contributed by atoms with Crippen LogP contribution in [0.1, 0.15) is 12.0 Å². The monoisotopic (exact) mass is 280 g/mol. The number of carboxylic acid groups (broad SMARTS) is 1. The van der Waals surface area contributed by atoms with Crippen LogP contribution in [0.4, 0.5) is 4.79 Å². The molecule has 0 aliphatic heterocycles. The summed E-state index contributed by atoms with van der Waals surface area (Å²) >= 11 is 0. The summed E-state index contributed by atoms with van der Waals surface area (Å²) in [6.07, 6.45) is -1.36. The smallest absolute Gasteiger partial charge is 0.408 e. The Morgan fingerprint density at radius 2 is 1.90 bits per heavy atom. The predicted octanol–water partition coefficient (Wildman–Crippen LogP) is 0.502. The number of carbonyl (C=O) groups is 3. The molecule has 0 bridgehead atoms. The van der Waals surface area contributed by atoms with Crippen LogP contribution >= 0.6 is 0 Å². The number of carbonyl (C=O) groups excluding carboxylic acids is 2. The van der Waals surface area contributed by atoms with Crippen LogP contribution in [0.2, 0.25) is 0 Å². The Morgan fingerprint density at radius 1 is 1.25 bits per heavy atom. The van der Waals surface area contributed by atoms with Gasteiger partial charge in [-0.25, -0.2) is 4.79 Å². The lowest BCUT2D eigenvalue weighted by Gasteiger charge is -2.15. The standard InChI is InChI=1S/C13H16N2O5/c1-14-12(18)10(7-11(16)17)15-13(19)20-8-9-5-3-2-4-6-9/h2-6,10H,7-8H2,1H3,(H,14,18)(H,15,19)(H,16,17)/t10-/m0/s1. The molecular weight excluding hydrogens is 264 g/mol. The summed E-state index contributed by atoms with van der Waals surface area (Å²) in [6, 6.07) is 7.82. The fourth-order valence-corrected chi connectivity index (χ4v) is 1.47. The second kappa shape index (κ2) is 7.78. The first-order chi connectivity index (χ1) is 9.52. The van der Waals surface area contributed by atoms with Crippen molar-refractivity contribution in [3.8, 4) is 0 Å². The Kier molecular flexibility index (Phi) is 6.02. The van der Waals surface area contributed by atoms with Crippen molar-refractivity contribution in [3.63, 3.8) is 0 Å². The van der Waals surface area contributed by atoms with E-state index in [-0.39, 0.29) is 6.61 Å². The van der Waals surface area contributed by atoms with Crippen LogP contribution < -0.4 is 10.6 Å². The van der Waals surface area contributed by atoms with E-state index in [1.807, 2.05) is 6.07 Å². The lowest BCUT2D eigenvalue weighted by molar-refractivity contribution is -0.139. The van der Waals surface area contributed by atoms with E-state index in [9.17, 15) is 14.4 Å². The molecule has 7 nitrogen and oxygen atoms in total. The zero-order valence-electron chi connectivity index (χ0n) is 11.0. The highest BCUT2D eigenvalue weighted by molar-refractivity contribution is 5.88. The predicted molar refractivity (Wildman–Crippen MR) is 69.9 cm³/mol. The molecule has 0 unspecified atom stereocenters. The Hall–Kier alpha value is -2.57. The summed E-state index contributed by atoms with van der Waals surface area (Å²) in [4.78, 5) is 33.6. The van der Waals surface area contributed by atoms with Gasteiger partial charge >= 0.3 is 12.1 Å². The van der Waals surface area contributed by atoms with Gasteiger partial charge in [0.25, 0.3) is 0 Å². The first-order valence-corrected chi connectivity index (χ1v) is 5.93. The van der Waals surface area contributed by atoms with Crippen LogP contribution in [0, 0.1) is 0 Å². The maximum Gasteiger partial charge on any atom is 0.408 e. The summed E-state index contributed by atoms with van der Waals surface area (Å²) < 4.78 is 4.91. The zero-order valence-corrected chi connectivity index (χ0v) is 11.0. The minimum absolute atomic E-state index is 0.0419. The summed E-state index contributed by atoms with van der Waals surface area (Å²) in [5, 5.41) is 13.2. The molecule has 20 heavy (non-hydrogen) atoms. The number of amides is 2. The van der Waals surface area contributed by atoms with E-state index in [4.69, 9.17) is 9.84 Å². The molecule has 0 saturated heterocycles. The van der Waals surface area contributed by atoms with Crippen LogP contribution in [-0.4, -0.2) is 36.2 Å². The Balaban J connectivity index is 2.49. The number of hydrogen-bond acceptors (Lipinski definition) is 4. The van der Waals surface area contributed by atoms with Crippen molar-refractivity contribution in [1.82, 2.24) is 10.6 Å². The number of ether oxygens (including phenoxy) is 1. The molecule has 0 aliphatic carbocycles. The largest absolute Gasteiger partial charge is 0.481 e. The number of alkyl carbamates (subject to hydrolysis) is 1. The third-order valence-electron chi connectivity index (χ3n) is 2.45. The van der Waals surface area contributed by atoms with Crippen molar-refractivity contribution in [1.29, 1.82) is 0 Å². The first-order valence-electron chi connectivity index (χ1n) is 5.93. The maximum absolute atomic E-state index is 11.5. The molecule has 108 valence electrons. The molecule has 0 aliphatic rings. The molecule has 1 atom stereocenters. The second-order valence-electron chi connectivity index (χ2n) is 3.97. The van der Waals surface area contributed by atoms with E-state index in [1.165, 1.54) is 7.05 Å². The summed E-state index contributed by atoms with van der Waals surface area (Å²) in [5.41, 5.74) is 0.789. The van der Waals surface area contributed by atoms with Gasteiger partial charge in [-0.1, -0.05) is 30.3 Å². The minimum Gasteiger partial charge on any atom is -0.481 e. The van der Waals surface area contributed by atoms with Crippen molar-refractivity contribution in [2.24, 2.45) is 0 Å². The summed E-state index contributed by atoms with van der Waals surface area (Å²) in [7, 11) is 1.36. The fourth-order valence-electron chi connectivity index (χ4n) is 1.47. The van der Waals surface area contributed by atoms with Crippen LogP contribution in [0.5, 0.6) is 0 Å². The third-order valence-corrected chi connectivity index (χ3v) is 2.45. The van der Waals surface area contributed by atoms with Gasteiger partial charge in [-0.05, 0) is 5.56 Å². The van der Waals surface area contributed by atoms with Gasteiger partial charge in [-0.2, -0.15) is 0 Å². The van der Waals surface area contributed by atoms with Gasteiger partial charge in [0.05, 0.1) is 6.42 Å². The van der Waals surface area contributed by atoms with E-state index in [1.54, 1.807) is 24.3 Å². The van der Waals surface area contributed by atoms with Crippen LogP contribution in [0.25, 0.3) is 0 Å². The van der Waals surface area contributed by atoms with Crippen molar-refractivity contribution in [3.05, 3.63) is 35.9 Å². The third kappa shape index (κ3) is 5.38. The molecule has 0 heterocycles. The average Bonchev–Trinajstić information content (AvgIpc) is 2.44. The zero-order chi connectivity index (χ0) is 15.0. The van der Waals surface area contributed by atoms with Gasteiger partial charge in [-0.3, -0.25) is 9.59 Å². The Labute approximate surface area is 115 Å². The molecular formula is C13H16N2O5. The van der Waals surface area contributed by atoms with Gasteiger partial charge in [0.15, 0.2) is 0 Å². The summed E-state index contributed by atoms with van der Waals surface area (Å²) in [6.45, 7) is 0.0419. The highest BCUT2D eigenvalue weighted by Gasteiger charge is 2.23. The van der Waals surface area contributed by atoms with Crippen molar-refractivity contribution in [2.75, 3.05) is 7.05 Å². The van der Waals surface area contributed by atoms with E-state index in [0.29, 0.717) is 0 Å². The molecule has 1 rings (SSSR count). The molecule has 2 amide bonds. The quantitative estimate of drug-likeness (QED) is 0.704. The number of rotatable bonds is 6. The lowest BCUT2D eigenvalue weighted by atomic mass is 10.2. The molecule has 0 spiro atoms. The van der Waals surface area contributed by atoms with Crippen molar-refractivity contribution < 1.29 is 24.2 Å². The summed E-state index contributed by atoms with van der Waals surface area (Å²) in [5.74, 6) is -1.79. The number of benzene rings is 1. The highest BCUT2D eigenvalue weighted by Crippen LogP contribution is 2.01. The van der Waals surface area contributed by atoms with Gasteiger partial charge in [0.1, 0.15) is 12.6 Å². The van der Waals surface area contributed by atoms with Gasteiger partial charge < -0.3 is 20.5 Å². The Bertz CT molecular complexity index is 475. The van der Waals surface area contributed by atoms with Gasteiger partial charge in [0, 0.05) is 7.05 Å². The van der Waals surface area contributed by atoms with Gasteiger partial charge in [0.2, 0.25) is 5.91 Å². The molecule has 0 radical (unpaired) electrons. The topological polar surface area (TPSA) is 105 Å². The molecule has 0 saturated carbocycles. The molecule has 3 N–H and O–H groups in total.